The topological polar surface area (TPSA) is 60.5 Å². The molecule has 2 aliphatic rings. The lowest BCUT2D eigenvalue weighted by Crippen LogP contribution is -2.41. The number of benzene rings is 2. The number of pyridine rings is 1. The van der Waals surface area contributed by atoms with E-state index in [9.17, 15) is 9.18 Å². The van der Waals surface area contributed by atoms with Gasteiger partial charge in [-0.2, -0.15) is 0 Å². The zero-order valence-corrected chi connectivity index (χ0v) is 19.5. The minimum atomic E-state index is -0.747. The summed E-state index contributed by atoms with van der Waals surface area (Å²) in [4.78, 5) is 17.3. The number of aromatic nitrogens is 1. The Labute approximate surface area is 199 Å². The molecule has 1 heterocycles. The van der Waals surface area contributed by atoms with Crippen molar-refractivity contribution < 1.29 is 18.7 Å². The molecule has 0 spiro atoms. The molecule has 2 fully saturated rings. The van der Waals surface area contributed by atoms with Gasteiger partial charge in [0.2, 0.25) is 5.88 Å². The lowest BCUT2D eigenvalue weighted by atomic mass is 9.93. The van der Waals surface area contributed by atoms with Crippen LogP contribution in [0.4, 0.5) is 9.18 Å². The minimum absolute atomic E-state index is 0.193. The lowest BCUT2D eigenvalue weighted by molar-refractivity contribution is 0.129. The molecule has 5 rings (SSSR count). The molecule has 1 N–H and O–H groups in total. The molecular weight excluding hydrogens is 431 g/mol. The van der Waals surface area contributed by atoms with Gasteiger partial charge in [-0.1, -0.05) is 36.8 Å². The Kier molecular flexibility index (Phi) is 5.98. The molecule has 3 aromatic rings. The second-order valence-corrected chi connectivity index (χ2v) is 9.74. The number of ether oxygens (including phenoxy) is 2. The molecule has 2 aromatic carbocycles. The van der Waals surface area contributed by atoms with Crippen molar-refractivity contribution >= 4 is 6.09 Å². The van der Waals surface area contributed by atoms with E-state index in [4.69, 9.17) is 14.5 Å². The van der Waals surface area contributed by atoms with E-state index in [0.29, 0.717) is 23.4 Å². The zero-order chi connectivity index (χ0) is 23.7. The monoisotopic (exact) mass is 460 g/mol. The van der Waals surface area contributed by atoms with Crippen LogP contribution in [0.2, 0.25) is 0 Å². The number of hydrogen-bond donors (Lipinski definition) is 1. The summed E-state index contributed by atoms with van der Waals surface area (Å²) < 4.78 is 25.2. The van der Waals surface area contributed by atoms with E-state index in [0.717, 1.165) is 16.7 Å². The van der Waals surface area contributed by atoms with Crippen LogP contribution in [-0.2, 0) is 16.9 Å². The third-order valence-corrected chi connectivity index (χ3v) is 6.88. The number of carbonyl (C=O) groups is 1. The molecule has 1 aromatic heterocycles. The van der Waals surface area contributed by atoms with Gasteiger partial charge in [-0.15, -0.1) is 0 Å². The first-order valence-corrected chi connectivity index (χ1v) is 11.8. The lowest BCUT2D eigenvalue weighted by Gasteiger charge is -2.27. The first-order chi connectivity index (χ1) is 16.4. The number of hydrogen-bond acceptors (Lipinski definition) is 4. The van der Waals surface area contributed by atoms with E-state index in [1.54, 1.807) is 12.1 Å². The van der Waals surface area contributed by atoms with E-state index < -0.39 is 11.6 Å². The van der Waals surface area contributed by atoms with Crippen molar-refractivity contribution in [2.24, 2.45) is 11.8 Å². The van der Waals surface area contributed by atoms with Crippen molar-refractivity contribution in [3.05, 3.63) is 83.7 Å². The molecule has 0 saturated heterocycles. The number of halogens is 1. The number of carbonyl (C=O) groups excluding carboxylic acids is 1. The van der Waals surface area contributed by atoms with Crippen LogP contribution in [0.5, 0.6) is 5.88 Å². The van der Waals surface area contributed by atoms with Gasteiger partial charge >= 0.3 is 6.09 Å². The van der Waals surface area contributed by atoms with Crippen molar-refractivity contribution in [2.75, 3.05) is 0 Å². The number of fused-ring (bicyclic) bond motifs is 1. The maximum absolute atomic E-state index is 13.5. The van der Waals surface area contributed by atoms with E-state index in [-0.39, 0.29) is 18.5 Å². The van der Waals surface area contributed by atoms with Crippen LogP contribution in [0.15, 0.2) is 66.7 Å². The highest BCUT2D eigenvalue weighted by molar-refractivity contribution is 5.69. The number of nitrogens with one attached hydrogen (secondary N) is 1. The summed E-state index contributed by atoms with van der Waals surface area (Å²) in [5.74, 6) is 1.48. The van der Waals surface area contributed by atoms with Gasteiger partial charge in [0.15, 0.2) is 0 Å². The van der Waals surface area contributed by atoms with E-state index in [1.807, 2.05) is 56.3 Å². The van der Waals surface area contributed by atoms with Gasteiger partial charge < -0.3 is 14.8 Å². The fourth-order valence-corrected chi connectivity index (χ4v) is 4.85. The zero-order valence-electron chi connectivity index (χ0n) is 19.5. The summed E-state index contributed by atoms with van der Waals surface area (Å²) in [5, 5.41) is 2.96. The Morgan fingerprint density at radius 1 is 1.06 bits per heavy atom. The summed E-state index contributed by atoms with van der Waals surface area (Å²) in [6.45, 7) is 4.02. The van der Waals surface area contributed by atoms with E-state index in [1.165, 1.54) is 31.4 Å². The van der Waals surface area contributed by atoms with Gasteiger partial charge in [-0.3, -0.25) is 0 Å². The van der Waals surface area contributed by atoms with Gasteiger partial charge in [0, 0.05) is 23.5 Å². The number of amides is 1. The predicted octanol–water partition coefficient (Wildman–Crippen LogP) is 6.23. The molecule has 0 bridgehead atoms. The first kappa shape index (κ1) is 22.4. The highest BCUT2D eigenvalue weighted by Gasteiger charge is 2.55. The third kappa shape index (κ3) is 4.91. The fraction of sp³-hybridized carbons (Fsp3) is 0.357. The fourth-order valence-electron chi connectivity index (χ4n) is 4.85. The molecule has 0 unspecified atom stereocenters. The molecule has 34 heavy (non-hydrogen) atoms. The maximum atomic E-state index is 13.5. The largest absolute Gasteiger partial charge is 0.474 e. The summed E-state index contributed by atoms with van der Waals surface area (Å²) in [7, 11) is 0. The molecule has 0 aliphatic heterocycles. The molecule has 1 amide bonds. The van der Waals surface area contributed by atoms with Gasteiger partial charge in [0.1, 0.15) is 18.5 Å². The van der Waals surface area contributed by atoms with Crippen LogP contribution in [0.25, 0.3) is 11.3 Å². The third-order valence-electron chi connectivity index (χ3n) is 6.88. The Morgan fingerprint density at radius 3 is 2.47 bits per heavy atom. The van der Waals surface area contributed by atoms with Crippen molar-refractivity contribution in [1.29, 1.82) is 0 Å². The number of alkyl carbamates (subject to hydrolysis) is 1. The molecule has 2 aliphatic carbocycles. The highest BCUT2D eigenvalue weighted by atomic mass is 19.1. The molecule has 3 atom stereocenters. The summed E-state index contributed by atoms with van der Waals surface area (Å²) in [6, 6.07) is 19.6. The van der Waals surface area contributed by atoms with Crippen LogP contribution in [0, 0.1) is 17.7 Å². The number of nitrogens with zero attached hydrogens (tertiary/aromatic N) is 1. The molecule has 6 heteroatoms. The highest BCUT2D eigenvalue weighted by Crippen LogP contribution is 2.53. The maximum Gasteiger partial charge on any atom is 0.408 e. The molecule has 2 saturated carbocycles. The predicted molar refractivity (Wildman–Crippen MR) is 128 cm³/mol. The van der Waals surface area contributed by atoms with Gasteiger partial charge in [0.05, 0.1) is 11.2 Å². The summed E-state index contributed by atoms with van der Waals surface area (Å²) in [5.41, 5.74) is 2.46. The van der Waals surface area contributed by atoms with Crippen molar-refractivity contribution in [2.45, 2.75) is 51.4 Å². The number of rotatable bonds is 7. The average Bonchev–Trinajstić information content (AvgIpc) is 3.23. The van der Waals surface area contributed by atoms with Gasteiger partial charge in [-0.25, -0.2) is 14.2 Å². The minimum Gasteiger partial charge on any atom is -0.474 e. The van der Waals surface area contributed by atoms with Crippen molar-refractivity contribution in [1.82, 2.24) is 10.3 Å². The van der Waals surface area contributed by atoms with Gasteiger partial charge in [0.25, 0.3) is 0 Å². The van der Waals surface area contributed by atoms with Crippen LogP contribution >= 0.6 is 0 Å². The Bertz CT molecular complexity index is 1150. The molecule has 176 valence electrons. The van der Waals surface area contributed by atoms with Crippen molar-refractivity contribution in [3.63, 3.8) is 0 Å². The second kappa shape index (κ2) is 9.09. The average molecular weight is 461 g/mol. The van der Waals surface area contributed by atoms with E-state index >= 15 is 0 Å². The smallest absolute Gasteiger partial charge is 0.408 e. The Hall–Kier alpha value is -3.41. The van der Waals surface area contributed by atoms with Crippen molar-refractivity contribution in [3.8, 4) is 17.1 Å². The Morgan fingerprint density at radius 2 is 1.76 bits per heavy atom. The molecule has 0 radical (unpaired) electrons. The standard InChI is InChI=1S/C28H29FN2O3/c1-28(2,31-27(32)33-17-18-7-4-3-5-8-18)20-15-24(19-11-13-21(29)14-12-19)30-25(16-20)34-26-22-9-6-10-23(22)26/h3-5,7-8,11-16,22-23,26H,6,9-10,17H2,1-2H3,(H,31,32)/t22-,23+,26+. The van der Waals surface area contributed by atoms with Crippen LogP contribution in [-0.4, -0.2) is 17.2 Å². The Balaban J connectivity index is 1.36. The van der Waals surface area contributed by atoms with Crippen LogP contribution < -0.4 is 10.1 Å². The van der Waals surface area contributed by atoms with E-state index in [2.05, 4.69) is 5.32 Å². The quantitative estimate of drug-likeness (QED) is 0.454. The van der Waals surface area contributed by atoms with Crippen LogP contribution in [0.3, 0.4) is 0 Å². The normalized spacial score (nSPS) is 21.0. The molecular formula is C28H29FN2O3. The van der Waals surface area contributed by atoms with Crippen LogP contribution in [0.1, 0.15) is 44.2 Å². The second-order valence-electron chi connectivity index (χ2n) is 9.74. The molecule has 5 nitrogen and oxygen atoms in total. The summed E-state index contributed by atoms with van der Waals surface area (Å²) in [6.07, 6.45) is 3.39. The van der Waals surface area contributed by atoms with Gasteiger partial charge in [-0.05, 0) is 68.1 Å². The first-order valence-electron chi connectivity index (χ1n) is 11.8. The SMILES string of the molecule is CC(C)(NC(=O)OCc1ccccc1)c1cc(O[C@H]2[C@@H]3CCC[C@@H]32)nc(-c2ccc(F)cc2)c1. The summed E-state index contributed by atoms with van der Waals surface area (Å²) >= 11 is 0.